The second kappa shape index (κ2) is 4.56. The highest BCUT2D eigenvalue weighted by molar-refractivity contribution is 5.78. The monoisotopic (exact) mass is 253 g/mol. The zero-order chi connectivity index (χ0) is 13.5. The van der Waals surface area contributed by atoms with Crippen molar-refractivity contribution in [1.82, 2.24) is 4.90 Å². The van der Waals surface area contributed by atoms with Gasteiger partial charge in [-0.25, -0.2) is 0 Å². The first-order valence-electron chi connectivity index (χ1n) is 6.88. The molecule has 0 aromatic heterocycles. The van der Waals surface area contributed by atoms with Gasteiger partial charge in [0.1, 0.15) is 0 Å². The van der Waals surface area contributed by atoms with Gasteiger partial charge in [0.15, 0.2) is 0 Å². The Kier molecular flexibility index (Phi) is 3.39. The molecule has 2 aliphatic rings. The molecular formula is C14H23NO3. The number of hydrogen-bond donors (Lipinski definition) is 1. The summed E-state index contributed by atoms with van der Waals surface area (Å²) in [5.74, 6) is -0.509. The molecule has 0 aromatic rings. The van der Waals surface area contributed by atoms with Gasteiger partial charge in [0.2, 0.25) is 5.91 Å². The van der Waals surface area contributed by atoms with Gasteiger partial charge >= 0.3 is 5.97 Å². The van der Waals surface area contributed by atoms with Gasteiger partial charge in [-0.2, -0.15) is 0 Å². The third-order valence-corrected chi connectivity index (χ3v) is 5.21. The third-order valence-electron chi connectivity index (χ3n) is 5.21. The number of hydrogen-bond acceptors (Lipinski definition) is 2. The van der Waals surface area contributed by atoms with Crippen molar-refractivity contribution in [2.75, 3.05) is 6.54 Å². The Morgan fingerprint density at radius 1 is 1.39 bits per heavy atom. The van der Waals surface area contributed by atoms with Crippen LogP contribution in [0.4, 0.5) is 0 Å². The molecule has 4 nitrogen and oxygen atoms in total. The molecule has 0 bridgehead atoms. The number of rotatable bonds is 2. The summed E-state index contributed by atoms with van der Waals surface area (Å²) in [6.07, 6.45) is 3.12. The summed E-state index contributed by atoms with van der Waals surface area (Å²) in [6.45, 7) is 7.01. The second-order valence-corrected chi connectivity index (χ2v) is 6.34. The van der Waals surface area contributed by atoms with Crippen LogP contribution in [0.3, 0.4) is 0 Å². The summed E-state index contributed by atoms with van der Waals surface area (Å²) in [5, 5.41) is 9.31. The van der Waals surface area contributed by atoms with E-state index in [-0.39, 0.29) is 29.2 Å². The maximum absolute atomic E-state index is 11.9. The standard InChI is InChI=1S/C14H23NO3/c1-9-11(15-8-4-5-12(15)16)7-6-10(13(17)18)14(9,2)3/h9-11H,4-8H2,1-3H3,(H,17,18). The van der Waals surface area contributed by atoms with E-state index in [4.69, 9.17) is 0 Å². The first-order chi connectivity index (χ1) is 8.35. The van der Waals surface area contributed by atoms with E-state index in [9.17, 15) is 14.7 Å². The first kappa shape index (κ1) is 13.4. The number of carboxylic acid groups (broad SMARTS) is 1. The second-order valence-electron chi connectivity index (χ2n) is 6.34. The summed E-state index contributed by atoms with van der Waals surface area (Å²) >= 11 is 0. The minimum absolute atomic E-state index is 0.227. The molecule has 0 spiro atoms. The van der Waals surface area contributed by atoms with Gasteiger partial charge in [0.05, 0.1) is 5.92 Å². The Morgan fingerprint density at radius 3 is 2.56 bits per heavy atom. The molecule has 4 heteroatoms. The Labute approximate surface area is 108 Å². The Hall–Kier alpha value is -1.06. The number of carboxylic acids is 1. The van der Waals surface area contributed by atoms with Crippen molar-refractivity contribution < 1.29 is 14.7 Å². The van der Waals surface area contributed by atoms with E-state index in [2.05, 4.69) is 6.92 Å². The summed E-state index contributed by atoms with van der Waals surface area (Å²) in [4.78, 5) is 25.2. The molecule has 1 aliphatic carbocycles. The molecule has 1 aliphatic heterocycles. The summed E-state index contributed by atoms with van der Waals surface area (Å²) in [7, 11) is 0. The van der Waals surface area contributed by atoms with Crippen LogP contribution in [-0.2, 0) is 9.59 Å². The lowest BCUT2D eigenvalue weighted by atomic mass is 9.60. The van der Waals surface area contributed by atoms with E-state index in [1.54, 1.807) is 0 Å². The van der Waals surface area contributed by atoms with Crippen molar-refractivity contribution >= 4 is 11.9 Å². The lowest BCUT2D eigenvalue weighted by Gasteiger charge is -2.49. The maximum atomic E-state index is 11.9. The molecule has 3 unspecified atom stereocenters. The largest absolute Gasteiger partial charge is 0.481 e. The molecule has 2 rings (SSSR count). The molecule has 1 heterocycles. The topological polar surface area (TPSA) is 57.6 Å². The van der Waals surface area contributed by atoms with Crippen LogP contribution in [0.5, 0.6) is 0 Å². The van der Waals surface area contributed by atoms with Crippen molar-refractivity contribution in [1.29, 1.82) is 0 Å². The zero-order valence-electron chi connectivity index (χ0n) is 11.5. The van der Waals surface area contributed by atoms with E-state index >= 15 is 0 Å². The number of carbonyl (C=O) groups is 2. The number of nitrogens with zero attached hydrogens (tertiary/aromatic N) is 1. The Balaban J connectivity index is 2.18. The minimum Gasteiger partial charge on any atom is -0.481 e. The predicted molar refractivity (Wildman–Crippen MR) is 68.0 cm³/mol. The highest BCUT2D eigenvalue weighted by Crippen LogP contribution is 2.47. The number of amides is 1. The maximum Gasteiger partial charge on any atom is 0.307 e. The van der Waals surface area contributed by atoms with Gasteiger partial charge in [-0.3, -0.25) is 9.59 Å². The summed E-state index contributed by atoms with van der Waals surface area (Å²) in [5.41, 5.74) is -0.252. The fourth-order valence-electron chi connectivity index (χ4n) is 3.66. The van der Waals surface area contributed by atoms with E-state index < -0.39 is 5.97 Å². The van der Waals surface area contributed by atoms with Crippen LogP contribution in [0.15, 0.2) is 0 Å². The smallest absolute Gasteiger partial charge is 0.307 e. The van der Waals surface area contributed by atoms with Crippen molar-refractivity contribution in [3.05, 3.63) is 0 Å². The highest BCUT2D eigenvalue weighted by Gasteiger charge is 2.48. The van der Waals surface area contributed by atoms with Gasteiger partial charge in [0, 0.05) is 19.0 Å². The van der Waals surface area contributed by atoms with E-state index in [1.807, 2.05) is 18.7 Å². The lowest BCUT2D eigenvalue weighted by Crippen LogP contribution is -2.52. The third kappa shape index (κ3) is 2.02. The molecule has 1 saturated carbocycles. The van der Waals surface area contributed by atoms with Crippen molar-refractivity contribution in [3.8, 4) is 0 Å². The van der Waals surface area contributed by atoms with E-state index in [0.717, 1.165) is 19.4 Å². The van der Waals surface area contributed by atoms with Crippen LogP contribution in [0.25, 0.3) is 0 Å². The number of aliphatic carboxylic acids is 1. The van der Waals surface area contributed by atoms with Crippen LogP contribution in [-0.4, -0.2) is 34.5 Å². The molecule has 1 N–H and O–H groups in total. The van der Waals surface area contributed by atoms with Crippen molar-refractivity contribution in [2.24, 2.45) is 17.3 Å². The van der Waals surface area contributed by atoms with Crippen LogP contribution in [0.2, 0.25) is 0 Å². The van der Waals surface area contributed by atoms with Crippen LogP contribution < -0.4 is 0 Å². The normalized spacial score (nSPS) is 35.8. The number of carbonyl (C=O) groups excluding carboxylic acids is 1. The van der Waals surface area contributed by atoms with Gasteiger partial charge < -0.3 is 10.0 Å². The molecule has 3 atom stereocenters. The SMILES string of the molecule is CC1C(N2CCCC2=O)CCC(C(=O)O)C1(C)C. The molecule has 18 heavy (non-hydrogen) atoms. The molecule has 0 aromatic carbocycles. The van der Waals surface area contributed by atoms with Gasteiger partial charge in [-0.05, 0) is 30.6 Å². The van der Waals surface area contributed by atoms with Crippen LogP contribution in [0, 0.1) is 17.3 Å². The van der Waals surface area contributed by atoms with E-state index in [0.29, 0.717) is 12.8 Å². The fourth-order valence-corrected chi connectivity index (χ4v) is 3.66. The summed E-state index contributed by atoms with van der Waals surface area (Å²) in [6, 6.07) is 0.227. The minimum atomic E-state index is -0.696. The highest BCUT2D eigenvalue weighted by atomic mass is 16.4. The summed E-state index contributed by atoms with van der Waals surface area (Å²) < 4.78 is 0. The molecule has 1 saturated heterocycles. The van der Waals surface area contributed by atoms with Crippen LogP contribution >= 0.6 is 0 Å². The lowest BCUT2D eigenvalue weighted by molar-refractivity contribution is -0.152. The Bertz CT molecular complexity index is 364. The molecule has 2 fully saturated rings. The average molecular weight is 253 g/mol. The van der Waals surface area contributed by atoms with E-state index in [1.165, 1.54) is 0 Å². The fraction of sp³-hybridized carbons (Fsp3) is 0.857. The molecular weight excluding hydrogens is 230 g/mol. The van der Waals surface area contributed by atoms with Crippen LogP contribution in [0.1, 0.15) is 46.5 Å². The van der Waals surface area contributed by atoms with Gasteiger partial charge in [-0.1, -0.05) is 20.8 Å². The quantitative estimate of drug-likeness (QED) is 0.820. The van der Waals surface area contributed by atoms with Crippen molar-refractivity contribution in [2.45, 2.75) is 52.5 Å². The zero-order valence-corrected chi connectivity index (χ0v) is 11.5. The van der Waals surface area contributed by atoms with Gasteiger partial charge in [0.25, 0.3) is 0 Å². The molecule has 102 valence electrons. The van der Waals surface area contributed by atoms with Gasteiger partial charge in [-0.15, -0.1) is 0 Å². The van der Waals surface area contributed by atoms with Crippen molar-refractivity contribution in [3.63, 3.8) is 0 Å². The predicted octanol–water partition coefficient (Wildman–Crippen LogP) is 2.13. The first-order valence-corrected chi connectivity index (χ1v) is 6.88. The molecule has 0 radical (unpaired) electrons. The Morgan fingerprint density at radius 2 is 2.06 bits per heavy atom. The molecule has 1 amide bonds. The number of likely N-dealkylation sites (tertiary alicyclic amines) is 1. The average Bonchev–Trinajstić information content (AvgIpc) is 2.68.